The first kappa shape index (κ1) is 17.9. The molecule has 1 amide bonds. The molecule has 3 rings (SSSR count). The van der Waals surface area contributed by atoms with Crippen LogP contribution in [0.2, 0.25) is 5.02 Å². The van der Waals surface area contributed by atoms with E-state index in [2.05, 4.69) is 4.72 Å². The van der Waals surface area contributed by atoms with E-state index < -0.39 is 10.0 Å². The molecule has 0 atom stereocenters. The number of benzene rings is 2. The number of halogens is 1. The first-order chi connectivity index (χ1) is 11.8. The van der Waals surface area contributed by atoms with Gasteiger partial charge in [0, 0.05) is 30.2 Å². The minimum absolute atomic E-state index is 0.0954. The molecule has 5 nitrogen and oxygen atoms in total. The topological polar surface area (TPSA) is 66.5 Å². The van der Waals surface area contributed by atoms with Crippen molar-refractivity contribution in [3.63, 3.8) is 0 Å². The fourth-order valence-corrected chi connectivity index (χ4v) is 4.29. The maximum absolute atomic E-state index is 13.0. The highest BCUT2D eigenvalue weighted by Crippen LogP contribution is 2.30. The van der Waals surface area contributed by atoms with Gasteiger partial charge in [0.15, 0.2) is 0 Å². The van der Waals surface area contributed by atoms with Crippen LogP contribution < -0.4 is 4.72 Å². The lowest BCUT2D eigenvalue weighted by Crippen LogP contribution is -2.27. The predicted molar refractivity (Wildman–Crippen MR) is 97.1 cm³/mol. The van der Waals surface area contributed by atoms with Crippen LogP contribution >= 0.6 is 11.6 Å². The van der Waals surface area contributed by atoms with Gasteiger partial charge in [-0.3, -0.25) is 4.79 Å². The highest BCUT2D eigenvalue weighted by molar-refractivity contribution is 7.89. The Balaban J connectivity index is 1.92. The number of carbonyl (C=O) groups is 1. The molecule has 1 aliphatic heterocycles. The summed E-state index contributed by atoms with van der Waals surface area (Å²) in [5.74, 6) is -0.196. The molecule has 0 aromatic heterocycles. The SMILES string of the molecule is CCNS(=O)(=O)c1ccc(C)c(C(=O)N2Cc3cccc(Cl)c3C2)c1. The van der Waals surface area contributed by atoms with Crippen LogP contribution in [0.1, 0.15) is 34.0 Å². The van der Waals surface area contributed by atoms with E-state index in [0.717, 1.165) is 16.7 Å². The van der Waals surface area contributed by atoms with Crippen LogP contribution in [0.15, 0.2) is 41.3 Å². The summed E-state index contributed by atoms with van der Waals surface area (Å²) in [5, 5.41) is 0.646. The third-order valence-corrected chi connectivity index (χ3v) is 6.19. The van der Waals surface area contributed by atoms with Gasteiger partial charge < -0.3 is 4.90 Å². The molecule has 1 N–H and O–H groups in total. The maximum Gasteiger partial charge on any atom is 0.254 e. The van der Waals surface area contributed by atoms with Crippen LogP contribution in [-0.4, -0.2) is 25.8 Å². The van der Waals surface area contributed by atoms with Crippen molar-refractivity contribution in [2.75, 3.05) is 6.54 Å². The molecule has 1 heterocycles. The standard InChI is InChI=1S/C18H19ClN2O3S/c1-3-20-25(23,24)14-8-7-12(2)15(9-14)18(22)21-10-13-5-4-6-17(19)16(13)11-21/h4-9,20H,3,10-11H2,1-2H3. The highest BCUT2D eigenvalue weighted by Gasteiger charge is 2.27. The lowest BCUT2D eigenvalue weighted by molar-refractivity contribution is 0.0750. The van der Waals surface area contributed by atoms with Gasteiger partial charge in [-0.15, -0.1) is 0 Å². The van der Waals surface area contributed by atoms with E-state index in [0.29, 0.717) is 30.2 Å². The number of carbonyl (C=O) groups excluding carboxylic acids is 1. The number of aryl methyl sites for hydroxylation is 1. The number of sulfonamides is 1. The third kappa shape index (κ3) is 3.42. The summed E-state index contributed by atoms with van der Waals surface area (Å²) in [6.07, 6.45) is 0. The predicted octanol–water partition coefficient (Wildman–Crippen LogP) is 3.10. The molecule has 1 aliphatic rings. The number of hydrogen-bond acceptors (Lipinski definition) is 3. The monoisotopic (exact) mass is 378 g/mol. The third-order valence-electron chi connectivity index (χ3n) is 4.30. The lowest BCUT2D eigenvalue weighted by atomic mass is 10.1. The Morgan fingerprint density at radius 1 is 1.24 bits per heavy atom. The van der Waals surface area contributed by atoms with Gasteiger partial charge in [-0.2, -0.15) is 0 Å². The first-order valence-electron chi connectivity index (χ1n) is 7.99. The summed E-state index contributed by atoms with van der Waals surface area (Å²) in [7, 11) is -3.61. The Bertz CT molecular complexity index is 941. The summed E-state index contributed by atoms with van der Waals surface area (Å²) in [6, 6.07) is 10.2. The molecule has 0 saturated heterocycles. The van der Waals surface area contributed by atoms with E-state index in [1.165, 1.54) is 12.1 Å². The van der Waals surface area contributed by atoms with Crippen LogP contribution in [0.25, 0.3) is 0 Å². The van der Waals surface area contributed by atoms with Crippen LogP contribution in [-0.2, 0) is 23.1 Å². The molecule has 2 aromatic rings. The van der Waals surface area contributed by atoms with Gasteiger partial charge in [-0.25, -0.2) is 13.1 Å². The van der Waals surface area contributed by atoms with Gasteiger partial charge in [0.05, 0.1) is 4.90 Å². The van der Waals surface area contributed by atoms with E-state index in [4.69, 9.17) is 11.6 Å². The molecule has 0 fully saturated rings. The van der Waals surface area contributed by atoms with Gasteiger partial charge in [0.2, 0.25) is 10.0 Å². The second kappa shape index (κ2) is 6.78. The molecule has 7 heteroatoms. The zero-order valence-electron chi connectivity index (χ0n) is 14.0. The van der Waals surface area contributed by atoms with Crippen molar-refractivity contribution in [1.29, 1.82) is 0 Å². The minimum atomic E-state index is -3.61. The molecular weight excluding hydrogens is 360 g/mol. The van der Waals surface area contributed by atoms with Crippen molar-refractivity contribution in [3.8, 4) is 0 Å². The molecule has 25 heavy (non-hydrogen) atoms. The fourth-order valence-electron chi connectivity index (χ4n) is 2.97. The first-order valence-corrected chi connectivity index (χ1v) is 9.85. The Hall–Kier alpha value is -1.89. The Morgan fingerprint density at radius 2 is 2.00 bits per heavy atom. The summed E-state index contributed by atoms with van der Waals surface area (Å²) >= 11 is 6.21. The zero-order valence-corrected chi connectivity index (χ0v) is 15.6. The Labute approximate surface area is 152 Å². The van der Waals surface area contributed by atoms with Crippen LogP contribution in [0.5, 0.6) is 0 Å². The molecule has 0 bridgehead atoms. The molecule has 0 radical (unpaired) electrons. The van der Waals surface area contributed by atoms with E-state index in [1.807, 2.05) is 18.2 Å². The van der Waals surface area contributed by atoms with Gasteiger partial charge >= 0.3 is 0 Å². The maximum atomic E-state index is 13.0. The van der Waals surface area contributed by atoms with Crippen LogP contribution in [0.3, 0.4) is 0 Å². The molecular formula is C18H19ClN2O3S. The van der Waals surface area contributed by atoms with Crippen molar-refractivity contribution in [2.24, 2.45) is 0 Å². The number of amides is 1. The van der Waals surface area contributed by atoms with Crippen molar-refractivity contribution in [2.45, 2.75) is 31.8 Å². The molecule has 2 aromatic carbocycles. The zero-order chi connectivity index (χ0) is 18.2. The average Bonchev–Trinajstić information content (AvgIpc) is 3.00. The number of hydrogen-bond donors (Lipinski definition) is 1. The number of rotatable bonds is 4. The molecule has 0 unspecified atom stereocenters. The Kier molecular flexibility index (Phi) is 4.86. The molecule has 132 valence electrons. The number of nitrogens with zero attached hydrogens (tertiary/aromatic N) is 1. The summed E-state index contributed by atoms with van der Waals surface area (Å²) in [5.41, 5.74) is 3.10. The smallest absolute Gasteiger partial charge is 0.254 e. The fraction of sp³-hybridized carbons (Fsp3) is 0.278. The van der Waals surface area contributed by atoms with Gasteiger partial charge in [-0.05, 0) is 41.8 Å². The average molecular weight is 379 g/mol. The molecule has 0 saturated carbocycles. The van der Waals surface area contributed by atoms with Crippen molar-refractivity contribution in [3.05, 3.63) is 63.7 Å². The van der Waals surface area contributed by atoms with Crippen molar-refractivity contribution < 1.29 is 13.2 Å². The van der Waals surface area contributed by atoms with E-state index >= 15 is 0 Å². The number of nitrogens with one attached hydrogen (secondary N) is 1. The minimum Gasteiger partial charge on any atom is -0.330 e. The van der Waals surface area contributed by atoms with Crippen molar-refractivity contribution in [1.82, 2.24) is 9.62 Å². The highest BCUT2D eigenvalue weighted by atomic mass is 35.5. The van der Waals surface area contributed by atoms with Gasteiger partial charge in [0.1, 0.15) is 0 Å². The normalized spacial score (nSPS) is 13.8. The van der Waals surface area contributed by atoms with E-state index in [1.54, 1.807) is 24.8 Å². The second-order valence-electron chi connectivity index (χ2n) is 6.02. The second-order valence-corrected chi connectivity index (χ2v) is 8.19. The largest absolute Gasteiger partial charge is 0.330 e. The van der Waals surface area contributed by atoms with Crippen LogP contribution in [0, 0.1) is 6.92 Å². The Morgan fingerprint density at radius 3 is 2.68 bits per heavy atom. The summed E-state index contributed by atoms with van der Waals surface area (Å²) in [4.78, 5) is 14.7. The van der Waals surface area contributed by atoms with E-state index in [9.17, 15) is 13.2 Å². The molecule has 0 aliphatic carbocycles. The van der Waals surface area contributed by atoms with E-state index in [-0.39, 0.29) is 10.8 Å². The molecule has 0 spiro atoms. The van der Waals surface area contributed by atoms with Gasteiger partial charge in [0.25, 0.3) is 5.91 Å². The number of fused-ring (bicyclic) bond motifs is 1. The van der Waals surface area contributed by atoms with Crippen molar-refractivity contribution >= 4 is 27.5 Å². The quantitative estimate of drug-likeness (QED) is 0.888. The summed E-state index contributed by atoms with van der Waals surface area (Å²) in [6.45, 7) is 4.70. The lowest BCUT2D eigenvalue weighted by Gasteiger charge is -2.18. The summed E-state index contributed by atoms with van der Waals surface area (Å²) < 4.78 is 26.9. The van der Waals surface area contributed by atoms with Crippen LogP contribution in [0.4, 0.5) is 0 Å². The van der Waals surface area contributed by atoms with Gasteiger partial charge in [-0.1, -0.05) is 36.7 Å².